The molecule has 0 bridgehead atoms. The number of sulfonamides is 1. The van der Waals surface area contributed by atoms with Crippen molar-refractivity contribution in [1.82, 2.24) is 29.2 Å². The molecule has 0 aromatic carbocycles. The molecular formula is C17H26N6O3S. The van der Waals surface area contributed by atoms with Crippen molar-refractivity contribution in [2.24, 2.45) is 20.0 Å². The zero-order valence-corrected chi connectivity index (χ0v) is 16.9. The maximum absolute atomic E-state index is 12.8. The van der Waals surface area contributed by atoms with Gasteiger partial charge in [0.05, 0.1) is 23.9 Å². The Kier molecular flexibility index (Phi) is 5.38. The molecule has 3 heterocycles. The molecule has 148 valence electrons. The van der Waals surface area contributed by atoms with Crippen molar-refractivity contribution >= 4 is 15.9 Å². The van der Waals surface area contributed by atoms with Crippen molar-refractivity contribution in [1.29, 1.82) is 0 Å². The Hall–Kier alpha value is -2.20. The molecule has 1 N–H and O–H groups in total. The standard InChI is InChI=1S/C17H26N6O3S/c1-12(16-11-22(4)20-13(16)2)19-17(24)14-6-5-7-23(9-14)27(25,26)15-8-18-21(3)10-15/h8,10-12,14H,5-7,9H2,1-4H3,(H,19,24)/t12-,14+/m0/s1. The minimum Gasteiger partial charge on any atom is -0.349 e. The molecule has 2 aromatic rings. The maximum Gasteiger partial charge on any atom is 0.246 e. The van der Waals surface area contributed by atoms with E-state index in [2.05, 4.69) is 15.5 Å². The number of nitrogens with zero attached hydrogens (tertiary/aromatic N) is 5. The van der Waals surface area contributed by atoms with E-state index in [4.69, 9.17) is 0 Å². The topological polar surface area (TPSA) is 102 Å². The third-order valence-corrected chi connectivity index (χ3v) is 6.77. The number of nitrogens with one attached hydrogen (secondary N) is 1. The number of aromatic nitrogens is 4. The lowest BCUT2D eigenvalue weighted by Gasteiger charge is -2.31. The van der Waals surface area contributed by atoms with Crippen molar-refractivity contribution < 1.29 is 13.2 Å². The van der Waals surface area contributed by atoms with Crippen LogP contribution in [0.3, 0.4) is 0 Å². The van der Waals surface area contributed by atoms with Crippen LogP contribution in [-0.2, 0) is 28.9 Å². The van der Waals surface area contributed by atoms with Crippen LogP contribution in [0, 0.1) is 12.8 Å². The molecular weight excluding hydrogens is 368 g/mol. The van der Waals surface area contributed by atoms with Gasteiger partial charge in [-0.2, -0.15) is 14.5 Å². The highest BCUT2D eigenvalue weighted by atomic mass is 32.2. The quantitative estimate of drug-likeness (QED) is 0.806. The Morgan fingerprint density at radius 2 is 2.04 bits per heavy atom. The second kappa shape index (κ2) is 7.43. The van der Waals surface area contributed by atoms with Crippen LogP contribution in [0.15, 0.2) is 23.5 Å². The van der Waals surface area contributed by atoms with Crippen LogP contribution in [0.25, 0.3) is 0 Å². The van der Waals surface area contributed by atoms with E-state index in [0.717, 1.165) is 11.3 Å². The van der Waals surface area contributed by atoms with E-state index in [0.29, 0.717) is 19.4 Å². The van der Waals surface area contributed by atoms with Crippen molar-refractivity contribution in [2.75, 3.05) is 13.1 Å². The molecule has 0 spiro atoms. The van der Waals surface area contributed by atoms with Gasteiger partial charge in [0.25, 0.3) is 0 Å². The highest BCUT2D eigenvalue weighted by Crippen LogP contribution is 2.24. The van der Waals surface area contributed by atoms with Gasteiger partial charge in [0.15, 0.2) is 0 Å². The molecule has 9 nitrogen and oxygen atoms in total. The van der Waals surface area contributed by atoms with Crippen LogP contribution in [0.1, 0.15) is 37.1 Å². The molecule has 1 fully saturated rings. The molecule has 2 atom stereocenters. The van der Waals surface area contributed by atoms with Crippen LogP contribution in [0.4, 0.5) is 0 Å². The molecule has 1 aliphatic heterocycles. The van der Waals surface area contributed by atoms with Gasteiger partial charge in [-0.15, -0.1) is 0 Å². The van der Waals surface area contributed by atoms with Crippen molar-refractivity contribution in [3.8, 4) is 0 Å². The first-order valence-corrected chi connectivity index (χ1v) is 10.4. The highest BCUT2D eigenvalue weighted by Gasteiger charge is 2.34. The van der Waals surface area contributed by atoms with Crippen molar-refractivity contribution in [2.45, 2.75) is 37.6 Å². The van der Waals surface area contributed by atoms with Crippen LogP contribution in [0.5, 0.6) is 0 Å². The fourth-order valence-electron chi connectivity index (χ4n) is 3.51. The first-order chi connectivity index (χ1) is 12.7. The Labute approximate surface area is 159 Å². The lowest BCUT2D eigenvalue weighted by molar-refractivity contribution is -0.126. The Balaban J connectivity index is 1.68. The zero-order valence-electron chi connectivity index (χ0n) is 16.1. The molecule has 10 heteroatoms. The van der Waals surface area contributed by atoms with Crippen LogP contribution < -0.4 is 5.32 Å². The number of piperidine rings is 1. The fourth-order valence-corrected chi connectivity index (χ4v) is 5.02. The SMILES string of the molecule is Cc1nn(C)cc1[C@H](C)NC(=O)[C@@H]1CCCN(S(=O)(=O)c2cnn(C)c2)C1. The molecule has 0 saturated carbocycles. The number of carbonyl (C=O) groups is 1. The van der Waals surface area contributed by atoms with Crippen LogP contribution >= 0.6 is 0 Å². The summed E-state index contributed by atoms with van der Waals surface area (Å²) in [6.07, 6.45) is 6.03. The molecule has 0 unspecified atom stereocenters. The number of carbonyl (C=O) groups excluding carboxylic acids is 1. The average molecular weight is 395 g/mol. The predicted molar refractivity (Wildman–Crippen MR) is 99.2 cm³/mol. The van der Waals surface area contributed by atoms with Gasteiger partial charge in [-0.25, -0.2) is 8.42 Å². The van der Waals surface area contributed by atoms with Gasteiger partial charge in [-0.1, -0.05) is 0 Å². The number of amides is 1. The zero-order chi connectivity index (χ0) is 19.8. The molecule has 27 heavy (non-hydrogen) atoms. The van der Waals surface area contributed by atoms with Gasteiger partial charge in [0.2, 0.25) is 15.9 Å². The van der Waals surface area contributed by atoms with Gasteiger partial charge in [0, 0.05) is 45.1 Å². The van der Waals surface area contributed by atoms with E-state index < -0.39 is 10.0 Å². The molecule has 3 rings (SSSR count). The van der Waals surface area contributed by atoms with Crippen LogP contribution in [-0.4, -0.2) is 51.3 Å². The number of aryl methyl sites for hydroxylation is 3. The maximum atomic E-state index is 12.8. The highest BCUT2D eigenvalue weighted by molar-refractivity contribution is 7.89. The number of rotatable bonds is 5. The van der Waals surface area contributed by atoms with Crippen molar-refractivity contribution in [3.05, 3.63) is 29.8 Å². The summed E-state index contributed by atoms with van der Waals surface area (Å²) in [5.41, 5.74) is 1.83. The second-order valence-corrected chi connectivity index (χ2v) is 9.06. The van der Waals surface area contributed by atoms with Gasteiger partial charge in [-0.3, -0.25) is 14.2 Å². The first kappa shape index (κ1) is 19.6. The number of hydrogen-bond donors (Lipinski definition) is 1. The van der Waals surface area contributed by atoms with E-state index >= 15 is 0 Å². The summed E-state index contributed by atoms with van der Waals surface area (Å²) in [6, 6.07) is -0.184. The van der Waals surface area contributed by atoms with Crippen molar-refractivity contribution in [3.63, 3.8) is 0 Å². The Morgan fingerprint density at radius 3 is 2.63 bits per heavy atom. The van der Waals surface area contributed by atoms with E-state index in [1.807, 2.05) is 27.1 Å². The molecule has 0 radical (unpaired) electrons. The predicted octanol–water partition coefficient (Wildman–Crippen LogP) is 0.740. The summed E-state index contributed by atoms with van der Waals surface area (Å²) in [5.74, 6) is -0.499. The molecule has 1 amide bonds. The normalized spacial score (nSPS) is 19.8. The average Bonchev–Trinajstić information content (AvgIpc) is 3.20. The minimum absolute atomic E-state index is 0.128. The molecule has 1 saturated heterocycles. The molecule has 1 aliphatic rings. The molecule has 0 aliphatic carbocycles. The summed E-state index contributed by atoms with van der Waals surface area (Å²) in [6.45, 7) is 4.41. The third kappa shape index (κ3) is 4.06. The Bertz CT molecular complexity index is 932. The Morgan fingerprint density at radius 1 is 1.30 bits per heavy atom. The third-order valence-electron chi connectivity index (χ3n) is 4.95. The van der Waals surface area contributed by atoms with E-state index in [1.165, 1.54) is 21.4 Å². The van der Waals surface area contributed by atoms with Gasteiger partial charge in [0.1, 0.15) is 4.90 Å². The van der Waals surface area contributed by atoms with E-state index in [9.17, 15) is 13.2 Å². The van der Waals surface area contributed by atoms with Gasteiger partial charge < -0.3 is 5.32 Å². The smallest absolute Gasteiger partial charge is 0.246 e. The van der Waals surface area contributed by atoms with E-state index in [-0.39, 0.29) is 29.3 Å². The summed E-state index contributed by atoms with van der Waals surface area (Å²) in [5, 5.41) is 11.2. The monoisotopic (exact) mass is 394 g/mol. The van der Waals surface area contributed by atoms with Gasteiger partial charge in [-0.05, 0) is 26.7 Å². The largest absolute Gasteiger partial charge is 0.349 e. The lowest BCUT2D eigenvalue weighted by atomic mass is 9.98. The number of hydrogen-bond acceptors (Lipinski definition) is 5. The second-order valence-electron chi connectivity index (χ2n) is 7.13. The lowest BCUT2D eigenvalue weighted by Crippen LogP contribution is -2.45. The summed E-state index contributed by atoms with van der Waals surface area (Å²) in [7, 11) is -0.120. The molecule has 2 aromatic heterocycles. The summed E-state index contributed by atoms with van der Waals surface area (Å²) in [4.78, 5) is 12.9. The first-order valence-electron chi connectivity index (χ1n) is 8.98. The summed E-state index contributed by atoms with van der Waals surface area (Å²) < 4.78 is 30.1. The van der Waals surface area contributed by atoms with E-state index in [1.54, 1.807) is 11.7 Å². The summed E-state index contributed by atoms with van der Waals surface area (Å²) >= 11 is 0. The fraction of sp³-hybridized carbons (Fsp3) is 0.588. The van der Waals surface area contributed by atoms with Crippen LogP contribution in [0.2, 0.25) is 0 Å². The minimum atomic E-state index is -3.63. The van der Waals surface area contributed by atoms with Gasteiger partial charge >= 0.3 is 0 Å².